The SMILES string of the molecule is C[Si](C)(C)[Si](c1cccs1)([Si](C)(C)C)[Si](C)(C)C. The van der Waals surface area contributed by atoms with Crippen molar-refractivity contribution in [3.8, 4) is 0 Å². The van der Waals surface area contributed by atoms with E-state index in [0.717, 1.165) is 0 Å². The molecule has 0 N–H and O–H groups in total. The van der Waals surface area contributed by atoms with Crippen LogP contribution in [-0.4, -0.2) is 29.4 Å². The molecule has 0 radical (unpaired) electrons. The second-order valence-corrected chi connectivity index (χ2v) is 50.1. The van der Waals surface area contributed by atoms with Crippen molar-refractivity contribution in [1.29, 1.82) is 0 Å². The number of rotatable bonds is 4. The van der Waals surface area contributed by atoms with Crippen LogP contribution in [0.25, 0.3) is 0 Å². The van der Waals surface area contributed by atoms with Gasteiger partial charge in [-0.3, -0.25) is 0 Å². The summed E-state index contributed by atoms with van der Waals surface area (Å²) < 4.78 is 1.85. The fourth-order valence-electron chi connectivity index (χ4n) is 4.98. The van der Waals surface area contributed by atoms with Gasteiger partial charge in [-0.15, -0.1) is 0 Å². The van der Waals surface area contributed by atoms with Crippen LogP contribution in [0.4, 0.5) is 0 Å². The third-order valence-corrected chi connectivity index (χ3v) is 78.7. The van der Waals surface area contributed by atoms with Crippen LogP contribution < -0.4 is 4.50 Å². The van der Waals surface area contributed by atoms with Gasteiger partial charge in [0.25, 0.3) is 0 Å². The Balaban J connectivity index is 3.70. The fraction of sp³-hybridized carbons (Fsp3) is 0.692. The molecule has 0 unspecified atom stereocenters. The Bertz CT molecular complexity index is 354. The highest BCUT2D eigenvalue weighted by molar-refractivity contribution is 7.94. The van der Waals surface area contributed by atoms with Gasteiger partial charge < -0.3 is 0 Å². The number of thiophene rings is 1. The smallest absolute Gasteiger partial charge is 0.0806 e. The second-order valence-electron chi connectivity index (χ2n) is 8.48. The van der Waals surface area contributed by atoms with E-state index in [1.165, 1.54) is 0 Å². The fourth-order valence-corrected chi connectivity index (χ4v) is 114. The van der Waals surface area contributed by atoms with Crippen LogP contribution in [0.5, 0.6) is 0 Å². The molecule has 0 atom stereocenters. The first kappa shape index (κ1) is 16.6. The van der Waals surface area contributed by atoms with Crippen LogP contribution in [-0.2, 0) is 0 Å². The Morgan fingerprint density at radius 2 is 1.11 bits per heavy atom. The van der Waals surface area contributed by atoms with E-state index in [0.29, 0.717) is 0 Å². The Hall–Kier alpha value is 0.568. The minimum absolute atomic E-state index is 1.14. The third kappa shape index (κ3) is 2.44. The number of hydrogen-bond donors (Lipinski definition) is 0. The van der Waals surface area contributed by atoms with Gasteiger partial charge in [0.1, 0.15) is 0 Å². The van der Waals surface area contributed by atoms with Crippen molar-refractivity contribution >= 4 is 45.2 Å². The Morgan fingerprint density at radius 3 is 1.33 bits per heavy atom. The lowest BCUT2D eigenvalue weighted by molar-refractivity contribution is 1.74. The molecule has 1 rings (SSSR count). The summed E-state index contributed by atoms with van der Waals surface area (Å²) in [5, 5.41) is 2.32. The minimum atomic E-state index is -1.29. The summed E-state index contributed by atoms with van der Waals surface area (Å²) in [4.78, 5) is 0. The molecule has 0 aliphatic heterocycles. The normalized spacial score (nSPS) is 14.9. The van der Waals surface area contributed by atoms with Crippen LogP contribution in [0.2, 0.25) is 58.9 Å². The van der Waals surface area contributed by atoms with Crippen LogP contribution in [0.1, 0.15) is 0 Å². The molecule has 0 saturated heterocycles. The summed E-state index contributed by atoms with van der Waals surface area (Å²) in [6.07, 6.45) is 0. The standard InChI is InChI=1S/C13H30SSi4/c1-15(2,3)18(16(4,5)6,17(7,8)9)13-11-10-12-14-13/h10-12H,1-9H3. The quantitative estimate of drug-likeness (QED) is 0.705. The molecule has 0 aliphatic rings. The van der Waals surface area contributed by atoms with E-state index in [1.807, 2.05) is 4.50 Å². The summed E-state index contributed by atoms with van der Waals surface area (Å²) >= 11 is 2.08. The van der Waals surface area contributed by atoms with Crippen molar-refractivity contribution in [3.05, 3.63) is 17.5 Å². The van der Waals surface area contributed by atoms with Gasteiger partial charge >= 0.3 is 0 Å². The van der Waals surface area contributed by atoms with Gasteiger partial charge in [-0.05, 0) is 9.88 Å². The van der Waals surface area contributed by atoms with Gasteiger partial charge in [0.15, 0.2) is 0 Å². The largest absolute Gasteiger partial charge is 0.154 e. The highest BCUT2D eigenvalue weighted by atomic mass is 32.1. The van der Waals surface area contributed by atoms with Gasteiger partial charge in [-0.1, -0.05) is 71.1 Å². The molecule has 0 fully saturated rings. The molecule has 1 heterocycles. The predicted molar refractivity (Wildman–Crippen MR) is 99.7 cm³/mol. The molecule has 0 bridgehead atoms. The first-order valence-corrected chi connectivity index (χ1v) is 23.3. The molecular formula is C13H30SSi4. The Kier molecular flexibility index (Phi) is 4.47. The third-order valence-electron chi connectivity index (χ3n) is 4.27. The van der Waals surface area contributed by atoms with Crippen molar-refractivity contribution in [2.24, 2.45) is 0 Å². The van der Waals surface area contributed by atoms with Crippen molar-refractivity contribution in [2.45, 2.75) is 58.9 Å². The zero-order chi connectivity index (χ0) is 14.4. The monoisotopic (exact) mass is 330 g/mol. The molecule has 0 aromatic carbocycles. The summed E-state index contributed by atoms with van der Waals surface area (Å²) in [7, 11) is -3.42. The maximum Gasteiger partial charge on any atom is 0.0806 e. The first-order chi connectivity index (χ1) is 7.86. The molecule has 0 nitrogen and oxygen atoms in total. The zero-order valence-electron chi connectivity index (χ0n) is 13.6. The summed E-state index contributed by atoms with van der Waals surface area (Å²) in [5.74, 6) is 0. The van der Waals surface area contributed by atoms with Gasteiger partial charge in [0.2, 0.25) is 0 Å². The van der Waals surface area contributed by atoms with Crippen LogP contribution in [0.3, 0.4) is 0 Å². The summed E-state index contributed by atoms with van der Waals surface area (Å²) in [6.45, 7) is 22.7. The molecule has 0 saturated carbocycles. The van der Waals surface area contributed by atoms with E-state index in [-0.39, 0.29) is 0 Å². The van der Waals surface area contributed by atoms with E-state index >= 15 is 0 Å². The lowest BCUT2D eigenvalue weighted by Gasteiger charge is -2.56. The van der Waals surface area contributed by atoms with Gasteiger partial charge in [-0.25, -0.2) is 0 Å². The Labute approximate surface area is 121 Å². The maximum absolute atomic E-state index is 2.66. The second kappa shape index (κ2) is 4.84. The zero-order valence-corrected chi connectivity index (χ0v) is 18.5. The van der Waals surface area contributed by atoms with Gasteiger partial charge in [-0.2, -0.15) is 11.3 Å². The van der Waals surface area contributed by atoms with E-state index < -0.39 is 29.4 Å². The molecule has 1 aromatic heterocycles. The lowest BCUT2D eigenvalue weighted by atomic mass is 10.7. The van der Waals surface area contributed by atoms with Crippen LogP contribution >= 0.6 is 11.3 Å². The van der Waals surface area contributed by atoms with E-state index in [4.69, 9.17) is 0 Å². The minimum Gasteiger partial charge on any atom is -0.154 e. The summed E-state index contributed by atoms with van der Waals surface area (Å²) in [6, 6.07) is 4.79. The first-order valence-electron chi connectivity index (χ1n) is 6.90. The maximum atomic E-state index is 2.66. The molecule has 0 amide bonds. The van der Waals surface area contributed by atoms with E-state index in [2.05, 4.69) is 87.8 Å². The molecule has 18 heavy (non-hydrogen) atoms. The average molecular weight is 331 g/mol. The molecule has 5 heteroatoms. The van der Waals surface area contributed by atoms with Crippen molar-refractivity contribution in [3.63, 3.8) is 0 Å². The summed E-state index contributed by atoms with van der Waals surface area (Å²) in [5.41, 5.74) is 0. The molecule has 0 spiro atoms. The van der Waals surface area contributed by atoms with Crippen molar-refractivity contribution in [2.75, 3.05) is 0 Å². The van der Waals surface area contributed by atoms with E-state index in [9.17, 15) is 0 Å². The van der Waals surface area contributed by atoms with Gasteiger partial charge in [0, 0.05) is 22.8 Å². The molecule has 104 valence electrons. The van der Waals surface area contributed by atoms with Crippen molar-refractivity contribution in [1.82, 2.24) is 0 Å². The highest BCUT2D eigenvalue weighted by Crippen LogP contribution is 2.37. The highest BCUT2D eigenvalue weighted by Gasteiger charge is 2.63. The molecule has 1 aromatic rings. The lowest BCUT2D eigenvalue weighted by Crippen LogP contribution is -2.87. The topological polar surface area (TPSA) is 0 Å². The Morgan fingerprint density at radius 1 is 0.722 bits per heavy atom. The molecule has 0 aliphatic carbocycles. The van der Waals surface area contributed by atoms with Crippen molar-refractivity contribution < 1.29 is 0 Å². The van der Waals surface area contributed by atoms with Crippen LogP contribution in [0.15, 0.2) is 17.5 Å². The van der Waals surface area contributed by atoms with Gasteiger partial charge in [0.05, 0.1) is 6.63 Å². The van der Waals surface area contributed by atoms with Crippen LogP contribution in [0, 0.1) is 0 Å². The van der Waals surface area contributed by atoms with E-state index in [1.54, 1.807) is 0 Å². The predicted octanol–water partition coefficient (Wildman–Crippen LogP) is 4.65. The molecular weight excluding hydrogens is 301 g/mol. The number of hydrogen-bond acceptors (Lipinski definition) is 1. The average Bonchev–Trinajstić information content (AvgIpc) is 2.48.